The Morgan fingerprint density at radius 1 is 1.53 bits per heavy atom. The molecule has 1 saturated carbocycles. The van der Waals surface area contributed by atoms with E-state index in [9.17, 15) is 4.79 Å². The van der Waals surface area contributed by atoms with Crippen LogP contribution in [-0.2, 0) is 9.53 Å². The number of rotatable bonds is 4. The number of carbonyl (C=O) groups excluding carboxylic acids is 1. The Hall–Kier alpha value is -0.610. The summed E-state index contributed by atoms with van der Waals surface area (Å²) in [7, 11) is 1.43. The smallest absolute Gasteiger partial charge is 0.319 e. The first-order chi connectivity index (χ1) is 7.20. The number of hydrogen-bond acceptors (Lipinski definition) is 4. The molecule has 15 heavy (non-hydrogen) atoms. The topological polar surface area (TPSA) is 41.6 Å². The molecule has 0 aromatic rings. The maximum Gasteiger partial charge on any atom is 0.319 e. The van der Waals surface area contributed by atoms with Gasteiger partial charge in [0.05, 0.1) is 13.7 Å². The van der Waals surface area contributed by atoms with Crippen LogP contribution in [0.2, 0.25) is 0 Å². The minimum Gasteiger partial charge on any atom is -0.468 e. The molecule has 0 amide bonds. The van der Waals surface area contributed by atoms with Crippen molar-refractivity contribution in [2.45, 2.75) is 44.3 Å². The molecule has 4 nitrogen and oxygen atoms in total. The molecule has 1 aliphatic carbocycles. The summed E-state index contributed by atoms with van der Waals surface area (Å²) in [6.07, 6.45) is 3.86. The van der Waals surface area contributed by atoms with Crippen LogP contribution in [0, 0.1) is 0 Å². The predicted molar refractivity (Wildman–Crippen MR) is 57.6 cm³/mol. The van der Waals surface area contributed by atoms with E-state index in [-0.39, 0.29) is 5.97 Å². The van der Waals surface area contributed by atoms with Crippen molar-refractivity contribution >= 4 is 5.97 Å². The van der Waals surface area contributed by atoms with Crippen LogP contribution in [-0.4, -0.2) is 49.2 Å². The lowest BCUT2D eigenvalue weighted by Crippen LogP contribution is -2.37. The van der Waals surface area contributed by atoms with E-state index in [4.69, 9.17) is 0 Å². The maximum atomic E-state index is 11.0. The fourth-order valence-electron chi connectivity index (χ4n) is 2.42. The molecule has 2 fully saturated rings. The molecule has 0 aromatic carbocycles. The maximum absolute atomic E-state index is 11.0. The number of methoxy groups -OCH3 is 1. The molecule has 2 atom stereocenters. The summed E-state index contributed by atoms with van der Waals surface area (Å²) in [5.74, 6) is -0.174. The van der Waals surface area contributed by atoms with Gasteiger partial charge in [-0.25, -0.2) is 0 Å². The molecule has 1 heterocycles. The summed E-state index contributed by atoms with van der Waals surface area (Å²) in [5, 5.41) is 3.26. The van der Waals surface area contributed by atoms with E-state index in [1.165, 1.54) is 20.0 Å². The second-order valence-corrected chi connectivity index (χ2v) is 4.67. The first kappa shape index (κ1) is 10.9. The zero-order valence-corrected chi connectivity index (χ0v) is 9.53. The number of nitrogens with one attached hydrogen (secondary N) is 1. The summed E-state index contributed by atoms with van der Waals surface area (Å²) in [6.45, 7) is 3.70. The first-order valence-electron chi connectivity index (χ1n) is 5.76. The SMILES string of the molecule is COC(=O)CNC1CC(C)N(C2CC2)C1. The molecule has 0 aromatic heterocycles. The third-order valence-corrected chi connectivity index (χ3v) is 3.40. The van der Waals surface area contributed by atoms with Crippen LogP contribution >= 0.6 is 0 Å². The fraction of sp³-hybridized carbons (Fsp3) is 0.909. The Morgan fingerprint density at radius 2 is 2.27 bits per heavy atom. The van der Waals surface area contributed by atoms with Gasteiger partial charge in [-0.15, -0.1) is 0 Å². The Kier molecular flexibility index (Phi) is 3.26. The molecule has 2 aliphatic rings. The number of ether oxygens (including phenoxy) is 1. The van der Waals surface area contributed by atoms with Gasteiger partial charge in [-0.1, -0.05) is 0 Å². The molecule has 0 bridgehead atoms. The van der Waals surface area contributed by atoms with Crippen molar-refractivity contribution in [1.29, 1.82) is 0 Å². The van der Waals surface area contributed by atoms with Gasteiger partial charge in [-0.05, 0) is 26.2 Å². The number of esters is 1. The Labute approximate surface area is 91.0 Å². The van der Waals surface area contributed by atoms with Gasteiger partial charge in [0, 0.05) is 24.7 Å². The second-order valence-electron chi connectivity index (χ2n) is 4.67. The van der Waals surface area contributed by atoms with Crippen LogP contribution in [0.4, 0.5) is 0 Å². The summed E-state index contributed by atoms with van der Waals surface area (Å²) < 4.78 is 4.61. The molecule has 1 aliphatic heterocycles. The standard InChI is InChI=1S/C11H20N2O2/c1-8-5-9(12-6-11(14)15-2)7-13(8)10-3-4-10/h8-10,12H,3-7H2,1-2H3. The zero-order chi connectivity index (χ0) is 10.8. The molecule has 1 N–H and O–H groups in total. The summed E-state index contributed by atoms with van der Waals surface area (Å²) in [6, 6.07) is 1.94. The van der Waals surface area contributed by atoms with Crippen molar-refractivity contribution in [3.63, 3.8) is 0 Å². The van der Waals surface area contributed by atoms with Crippen molar-refractivity contribution in [1.82, 2.24) is 10.2 Å². The van der Waals surface area contributed by atoms with E-state index < -0.39 is 0 Å². The molecule has 4 heteroatoms. The van der Waals surface area contributed by atoms with E-state index >= 15 is 0 Å². The number of likely N-dealkylation sites (tertiary alicyclic amines) is 1. The molecule has 2 rings (SSSR count). The monoisotopic (exact) mass is 212 g/mol. The van der Waals surface area contributed by atoms with E-state index in [2.05, 4.69) is 21.9 Å². The summed E-state index contributed by atoms with van der Waals surface area (Å²) in [4.78, 5) is 13.5. The van der Waals surface area contributed by atoms with Crippen LogP contribution in [0.1, 0.15) is 26.2 Å². The molecule has 0 radical (unpaired) electrons. The molecule has 0 spiro atoms. The lowest BCUT2D eigenvalue weighted by atomic mass is 10.2. The number of nitrogens with zero attached hydrogens (tertiary/aromatic N) is 1. The van der Waals surface area contributed by atoms with Gasteiger partial charge in [0.25, 0.3) is 0 Å². The van der Waals surface area contributed by atoms with Crippen LogP contribution in [0.15, 0.2) is 0 Å². The Bertz CT molecular complexity index is 241. The molecule has 2 unspecified atom stereocenters. The van der Waals surface area contributed by atoms with E-state index in [1.54, 1.807) is 0 Å². The van der Waals surface area contributed by atoms with Crippen LogP contribution in [0.3, 0.4) is 0 Å². The second kappa shape index (κ2) is 4.49. The van der Waals surface area contributed by atoms with Gasteiger partial charge < -0.3 is 10.1 Å². The lowest BCUT2D eigenvalue weighted by Gasteiger charge is -2.19. The zero-order valence-electron chi connectivity index (χ0n) is 9.53. The first-order valence-corrected chi connectivity index (χ1v) is 5.76. The van der Waals surface area contributed by atoms with Crippen LogP contribution in [0.5, 0.6) is 0 Å². The average molecular weight is 212 g/mol. The van der Waals surface area contributed by atoms with Gasteiger partial charge in [0.1, 0.15) is 0 Å². The van der Waals surface area contributed by atoms with E-state index in [0.717, 1.165) is 19.0 Å². The van der Waals surface area contributed by atoms with E-state index in [1.807, 2.05) is 0 Å². The van der Waals surface area contributed by atoms with Crippen molar-refractivity contribution in [3.05, 3.63) is 0 Å². The van der Waals surface area contributed by atoms with Crippen LogP contribution in [0.25, 0.3) is 0 Å². The highest BCUT2D eigenvalue weighted by Crippen LogP contribution is 2.33. The van der Waals surface area contributed by atoms with E-state index in [0.29, 0.717) is 18.6 Å². The minimum atomic E-state index is -0.174. The highest BCUT2D eigenvalue weighted by molar-refractivity contribution is 5.71. The van der Waals surface area contributed by atoms with Gasteiger partial charge in [0.2, 0.25) is 0 Å². The quantitative estimate of drug-likeness (QED) is 0.684. The predicted octanol–water partition coefficient (Wildman–Crippen LogP) is 0.374. The number of carbonyl (C=O) groups is 1. The average Bonchev–Trinajstić information content (AvgIpc) is 3.00. The van der Waals surface area contributed by atoms with Crippen LogP contribution < -0.4 is 5.32 Å². The fourth-order valence-corrected chi connectivity index (χ4v) is 2.42. The normalized spacial score (nSPS) is 31.9. The lowest BCUT2D eigenvalue weighted by molar-refractivity contribution is -0.139. The highest BCUT2D eigenvalue weighted by Gasteiger charge is 2.38. The Balaban J connectivity index is 1.73. The molecule has 1 saturated heterocycles. The molecular formula is C11H20N2O2. The highest BCUT2D eigenvalue weighted by atomic mass is 16.5. The van der Waals surface area contributed by atoms with Gasteiger partial charge >= 0.3 is 5.97 Å². The molecule has 86 valence electrons. The van der Waals surface area contributed by atoms with Gasteiger partial charge in [-0.3, -0.25) is 9.69 Å². The van der Waals surface area contributed by atoms with Crippen molar-refractivity contribution < 1.29 is 9.53 Å². The van der Waals surface area contributed by atoms with Crippen molar-refractivity contribution in [2.75, 3.05) is 20.2 Å². The minimum absolute atomic E-state index is 0.174. The van der Waals surface area contributed by atoms with Crippen molar-refractivity contribution in [2.24, 2.45) is 0 Å². The third kappa shape index (κ3) is 2.69. The Morgan fingerprint density at radius 3 is 2.87 bits per heavy atom. The number of hydrogen-bond donors (Lipinski definition) is 1. The third-order valence-electron chi connectivity index (χ3n) is 3.40. The molecular weight excluding hydrogens is 192 g/mol. The van der Waals surface area contributed by atoms with Gasteiger partial charge in [-0.2, -0.15) is 0 Å². The van der Waals surface area contributed by atoms with Gasteiger partial charge in [0.15, 0.2) is 0 Å². The summed E-state index contributed by atoms with van der Waals surface area (Å²) in [5.41, 5.74) is 0. The summed E-state index contributed by atoms with van der Waals surface area (Å²) >= 11 is 0. The largest absolute Gasteiger partial charge is 0.468 e. The van der Waals surface area contributed by atoms with Crippen molar-refractivity contribution in [3.8, 4) is 0 Å².